The molecule has 6 heteroatoms. The fourth-order valence-electron chi connectivity index (χ4n) is 2.47. The zero-order valence-electron chi connectivity index (χ0n) is 15.5. The van der Waals surface area contributed by atoms with Crippen LogP contribution >= 0.6 is 12.2 Å². The van der Waals surface area contributed by atoms with E-state index in [1.165, 1.54) is 18.2 Å². The molecule has 0 fully saturated rings. The first-order valence-electron chi connectivity index (χ1n) is 8.98. The van der Waals surface area contributed by atoms with Gasteiger partial charge < -0.3 is 10.1 Å². The van der Waals surface area contributed by atoms with Crippen molar-refractivity contribution in [2.45, 2.75) is 25.7 Å². The molecule has 0 heterocycles. The van der Waals surface area contributed by atoms with Gasteiger partial charge in [-0.3, -0.25) is 10.2 Å². The summed E-state index contributed by atoms with van der Waals surface area (Å²) in [5, 5.41) is 7.73. The number of esters is 1. The van der Waals surface area contributed by atoms with E-state index in [-0.39, 0.29) is 5.97 Å². The zero-order chi connectivity index (χ0) is 19.3. The van der Waals surface area contributed by atoms with Crippen molar-refractivity contribution in [2.75, 3.05) is 13.7 Å². The number of hydrogen-bond donors (Lipinski definition) is 2. The first-order valence-corrected chi connectivity index (χ1v) is 9.39. The molecule has 0 saturated heterocycles. The second-order valence-corrected chi connectivity index (χ2v) is 6.41. The van der Waals surface area contributed by atoms with Gasteiger partial charge in [0.15, 0.2) is 5.11 Å². The molecule has 0 aliphatic heterocycles. The molecular formula is C21H25N3O2S. The van der Waals surface area contributed by atoms with E-state index in [1.807, 2.05) is 30.3 Å². The molecule has 0 bridgehead atoms. The predicted molar refractivity (Wildman–Crippen MR) is 114 cm³/mol. The van der Waals surface area contributed by atoms with Gasteiger partial charge in [0.05, 0.1) is 13.3 Å². The number of benzene rings is 2. The standard InChI is InChI=1S/C21H25N3O2S/c1-26-20(25)10-6-3-7-15-22-21(27)24-23-16-17-11-13-19(14-12-17)18-8-4-2-5-9-18/h2,4-5,8-9,11-14,16H,3,6-7,10,15H2,1H3,(H2,22,24,27)/b23-16-. The number of nitrogens with one attached hydrogen (secondary N) is 2. The van der Waals surface area contributed by atoms with E-state index in [1.54, 1.807) is 6.21 Å². The van der Waals surface area contributed by atoms with Crippen LogP contribution < -0.4 is 10.7 Å². The highest BCUT2D eigenvalue weighted by molar-refractivity contribution is 7.80. The van der Waals surface area contributed by atoms with Crippen LogP contribution in [-0.2, 0) is 9.53 Å². The van der Waals surface area contributed by atoms with Gasteiger partial charge in [-0.05, 0) is 41.7 Å². The molecule has 2 rings (SSSR count). The largest absolute Gasteiger partial charge is 0.469 e. The van der Waals surface area contributed by atoms with E-state index in [9.17, 15) is 4.79 Å². The van der Waals surface area contributed by atoms with Crippen molar-refractivity contribution in [3.05, 3.63) is 60.2 Å². The Hall–Kier alpha value is -2.73. The van der Waals surface area contributed by atoms with E-state index in [0.717, 1.165) is 31.4 Å². The number of carbonyl (C=O) groups is 1. The van der Waals surface area contributed by atoms with Gasteiger partial charge in [0.25, 0.3) is 0 Å². The number of thiocarbonyl (C=S) groups is 1. The second kappa shape index (κ2) is 11.8. The fraction of sp³-hybridized carbons (Fsp3) is 0.286. The summed E-state index contributed by atoms with van der Waals surface area (Å²) in [5.74, 6) is -0.161. The van der Waals surface area contributed by atoms with E-state index in [2.05, 4.69) is 44.8 Å². The minimum atomic E-state index is -0.161. The molecule has 2 aromatic carbocycles. The van der Waals surface area contributed by atoms with Crippen molar-refractivity contribution < 1.29 is 9.53 Å². The van der Waals surface area contributed by atoms with E-state index >= 15 is 0 Å². The number of rotatable bonds is 9. The summed E-state index contributed by atoms with van der Waals surface area (Å²) < 4.78 is 4.60. The van der Waals surface area contributed by atoms with Crippen molar-refractivity contribution in [3.8, 4) is 11.1 Å². The summed E-state index contributed by atoms with van der Waals surface area (Å²) in [6, 6.07) is 18.4. The van der Waals surface area contributed by atoms with Gasteiger partial charge in [0.2, 0.25) is 0 Å². The van der Waals surface area contributed by atoms with Crippen LogP contribution in [0.5, 0.6) is 0 Å². The summed E-state index contributed by atoms with van der Waals surface area (Å²) in [7, 11) is 1.41. The summed E-state index contributed by atoms with van der Waals surface area (Å²) in [4.78, 5) is 11.0. The Kier molecular flexibility index (Phi) is 9.00. The minimum absolute atomic E-state index is 0.161. The number of nitrogens with zero attached hydrogens (tertiary/aromatic N) is 1. The summed E-state index contributed by atoms with van der Waals surface area (Å²) in [6.45, 7) is 0.744. The Morgan fingerprint density at radius 2 is 1.74 bits per heavy atom. The van der Waals surface area contributed by atoms with Crippen LogP contribution in [-0.4, -0.2) is 31.0 Å². The van der Waals surface area contributed by atoms with Crippen LogP contribution in [0, 0.1) is 0 Å². The Morgan fingerprint density at radius 3 is 2.44 bits per heavy atom. The molecule has 0 atom stereocenters. The number of hydrogen-bond acceptors (Lipinski definition) is 4. The van der Waals surface area contributed by atoms with Crippen LogP contribution in [0.25, 0.3) is 11.1 Å². The lowest BCUT2D eigenvalue weighted by molar-refractivity contribution is -0.140. The monoisotopic (exact) mass is 383 g/mol. The molecule has 2 N–H and O–H groups in total. The molecule has 5 nitrogen and oxygen atoms in total. The third-order valence-electron chi connectivity index (χ3n) is 3.97. The fourth-order valence-corrected chi connectivity index (χ4v) is 2.63. The maximum Gasteiger partial charge on any atom is 0.305 e. The van der Waals surface area contributed by atoms with Crippen LogP contribution in [0.3, 0.4) is 0 Å². The normalized spacial score (nSPS) is 10.6. The number of carbonyl (C=O) groups excluding carboxylic acids is 1. The summed E-state index contributed by atoms with van der Waals surface area (Å²) in [5.41, 5.74) is 6.17. The molecule has 27 heavy (non-hydrogen) atoms. The minimum Gasteiger partial charge on any atom is -0.469 e. The Morgan fingerprint density at radius 1 is 1.04 bits per heavy atom. The maximum atomic E-state index is 11.0. The SMILES string of the molecule is COC(=O)CCCCCNC(=S)N/N=C\c1ccc(-c2ccccc2)cc1. The lowest BCUT2D eigenvalue weighted by Crippen LogP contribution is -2.32. The molecule has 0 saturated carbocycles. The van der Waals surface area contributed by atoms with Crippen molar-refractivity contribution >= 4 is 29.5 Å². The molecule has 0 aromatic heterocycles. The van der Waals surface area contributed by atoms with Crippen LogP contribution in [0.15, 0.2) is 59.7 Å². The predicted octanol–water partition coefficient (Wildman–Crippen LogP) is 3.89. The molecule has 0 spiro atoms. The Balaban J connectivity index is 1.65. The lowest BCUT2D eigenvalue weighted by atomic mass is 10.0. The van der Waals surface area contributed by atoms with Gasteiger partial charge in [-0.25, -0.2) is 0 Å². The highest BCUT2D eigenvalue weighted by atomic mass is 32.1. The number of hydrazone groups is 1. The van der Waals surface area contributed by atoms with Crippen LogP contribution in [0.2, 0.25) is 0 Å². The van der Waals surface area contributed by atoms with Gasteiger partial charge >= 0.3 is 5.97 Å². The average molecular weight is 384 g/mol. The number of ether oxygens (including phenoxy) is 1. The molecule has 0 amide bonds. The van der Waals surface area contributed by atoms with E-state index < -0.39 is 0 Å². The van der Waals surface area contributed by atoms with Crippen LogP contribution in [0.4, 0.5) is 0 Å². The van der Waals surface area contributed by atoms with Crippen molar-refractivity contribution in [2.24, 2.45) is 5.10 Å². The number of unbranched alkanes of at least 4 members (excludes halogenated alkanes) is 2. The Bertz CT molecular complexity index is 746. The summed E-state index contributed by atoms with van der Waals surface area (Å²) >= 11 is 5.18. The molecular weight excluding hydrogens is 358 g/mol. The zero-order valence-corrected chi connectivity index (χ0v) is 16.3. The third-order valence-corrected chi connectivity index (χ3v) is 4.20. The lowest BCUT2D eigenvalue weighted by Gasteiger charge is -2.06. The third kappa shape index (κ3) is 8.00. The van der Waals surface area contributed by atoms with Gasteiger partial charge in [0.1, 0.15) is 0 Å². The molecule has 0 unspecified atom stereocenters. The smallest absolute Gasteiger partial charge is 0.305 e. The van der Waals surface area contributed by atoms with Gasteiger partial charge in [-0.2, -0.15) is 5.10 Å². The molecule has 0 aliphatic rings. The van der Waals surface area contributed by atoms with Crippen LogP contribution in [0.1, 0.15) is 31.2 Å². The maximum absolute atomic E-state index is 11.0. The first kappa shape index (κ1) is 20.6. The van der Waals surface area contributed by atoms with Crippen molar-refractivity contribution in [3.63, 3.8) is 0 Å². The van der Waals surface area contributed by atoms with Gasteiger partial charge in [-0.15, -0.1) is 0 Å². The average Bonchev–Trinajstić information content (AvgIpc) is 2.71. The van der Waals surface area contributed by atoms with E-state index in [0.29, 0.717) is 11.5 Å². The molecule has 0 radical (unpaired) electrons. The van der Waals surface area contributed by atoms with Gasteiger partial charge in [-0.1, -0.05) is 61.0 Å². The van der Waals surface area contributed by atoms with E-state index in [4.69, 9.17) is 12.2 Å². The Labute approximate surface area is 165 Å². The topological polar surface area (TPSA) is 62.7 Å². The molecule has 142 valence electrons. The van der Waals surface area contributed by atoms with Crippen molar-refractivity contribution in [1.82, 2.24) is 10.7 Å². The molecule has 2 aromatic rings. The first-order chi connectivity index (χ1) is 13.2. The second-order valence-electron chi connectivity index (χ2n) is 6.00. The number of methoxy groups -OCH3 is 1. The summed E-state index contributed by atoms with van der Waals surface area (Å²) in [6.07, 6.45) is 4.91. The highest BCUT2D eigenvalue weighted by Crippen LogP contribution is 2.18. The molecule has 0 aliphatic carbocycles. The quantitative estimate of drug-likeness (QED) is 0.226. The van der Waals surface area contributed by atoms with Crippen molar-refractivity contribution in [1.29, 1.82) is 0 Å². The van der Waals surface area contributed by atoms with Gasteiger partial charge in [0, 0.05) is 13.0 Å². The highest BCUT2D eigenvalue weighted by Gasteiger charge is 1.99.